The van der Waals surface area contributed by atoms with Gasteiger partial charge in [0.2, 0.25) is 0 Å². The van der Waals surface area contributed by atoms with Crippen molar-refractivity contribution in [2.45, 2.75) is 23.0 Å². The zero-order valence-corrected chi connectivity index (χ0v) is 20.2. The van der Waals surface area contributed by atoms with Crippen LogP contribution >= 0.6 is 0 Å². The maximum absolute atomic E-state index is 14.4. The Balaban J connectivity index is 2.09. The third-order valence-corrected chi connectivity index (χ3v) is 6.67. The van der Waals surface area contributed by atoms with Gasteiger partial charge in [0.15, 0.2) is 36.1 Å². The smallest absolute Gasteiger partial charge is 0.432 e. The van der Waals surface area contributed by atoms with Crippen molar-refractivity contribution in [3.05, 3.63) is 59.2 Å². The number of carbonyl (C=O) groups excluding carboxylic acids is 1. The second kappa shape index (κ2) is 9.42. The minimum absolute atomic E-state index is 0.0796. The Labute approximate surface area is 202 Å². The molecule has 0 saturated heterocycles. The van der Waals surface area contributed by atoms with E-state index in [2.05, 4.69) is 20.5 Å². The van der Waals surface area contributed by atoms with Crippen LogP contribution in [0.4, 0.5) is 23.2 Å². The minimum Gasteiger partial charge on any atom is -0.432 e. The number of hydrogen-bond donors (Lipinski definition) is 1. The van der Waals surface area contributed by atoms with E-state index in [0.717, 1.165) is 37.6 Å². The fourth-order valence-electron chi connectivity index (χ4n) is 2.90. The Kier molecular flexibility index (Phi) is 7.05. The molecule has 1 N–H and O–H groups in total. The zero-order chi connectivity index (χ0) is 27.1. The number of alkyl halides is 3. The van der Waals surface area contributed by atoms with E-state index in [4.69, 9.17) is 4.74 Å². The number of halogens is 4. The van der Waals surface area contributed by atoms with E-state index < -0.39 is 71.2 Å². The molecule has 3 aromatic rings. The summed E-state index contributed by atoms with van der Waals surface area (Å²) in [6.07, 6.45) is -3.31. The first-order valence-electron chi connectivity index (χ1n) is 9.59. The Bertz CT molecular complexity index is 1580. The number of carbonyl (C=O) groups is 1. The highest BCUT2D eigenvalue weighted by Gasteiger charge is 2.38. The molecular weight excluding hydrogens is 532 g/mol. The van der Waals surface area contributed by atoms with Crippen molar-refractivity contribution in [2.24, 2.45) is 0 Å². The molecule has 0 fully saturated rings. The second-order valence-corrected chi connectivity index (χ2v) is 11.4. The number of nitrogens with one attached hydrogen (secondary N) is 1. The van der Waals surface area contributed by atoms with Crippen molar-refractivity contribution >= 4 is 31.3 Å². The van der Waals surface area contributed by atoms with Crippen molar-refractivity contribution in [2.75, 3.05) is 17.8 Å². The van der Waals surface area contributed by atoms with Gasteiger partial charge >= 0.3 is 6.18 Å². The number of nitrogens with zero attached hydrogens (tertiary/aromatic N) is 3. The van der Waals surface area contributed by atoms with E-state index in [0.29, 0.717) is 0 Å². The molecule has 0 aliphatic rings. The Hall–Kier alpha value is -3.66. The van der Waals surface area contributed by atoms with Crippen LogP contribution in [0.15, 0.2) is 46.3 Å². The van der Waals surface area contributed by atoms with Crippen LogP contribution in [0.1, 0.15) is 21.6 Å². The maximum atomic E-state index is 14.4. The van der Waals surface area contributed by atoms with E-state index in [1.807, 2.05) is 0 Å². The monoisotopic (exact) mass is 548 g/mol. The molecule has 0 atom stereocenters. The summed E-state index contributed by atoms with van der Waals surface area (Å²) in [6.45, 7) is 0.910. The largest absolute Gasteiger partial charge is 0.435 e. The van der Waals surface area contributed by atoms with Gasteiger partial charge in [-0.2, -0.15) is 17.6 Å². The van der Waals surface area contributed by atoms with Gasteiger partial charge in [0, 0.05) is 18.2 Å². The predicted octanol–water partition coefficient (Wildman–Crippen LogP) is 3.19. The van der Waals surface area contributed by atoms with Crippen LogP contribution in [0.3, 0.4) is 0 Å². The van der Waals surface area contributed by atoms with Gasteiger partial charge < -0.3 is 10.1 Å². The summed E-state index contributed by atoms with van der Waals surface area (Å²) in [4.78, 5) is 16.1. The molecule has 0 saturated carbocycles. The van der Waals surface area contributed by atoms with Crippen LogP contribution in [0.5, 0.6) is 11.6 Å². The summed E-state index contributed by atoms with van der Waals surface area (Å²) in [5.74, 6) is -4.23. The molecule has 16 heteroatoms. The van der Waals surface area contributed by atoms with Crippen molar-refractivity contribution < 1.29 is 43.9 Å². The van der Waals surface area contributed by atoms with Gasteiger partial charge in [-0.05, 0) is 42.8 Å². The van der Waals surface area contributed by atoms with E-state index in [-0.39, 0.29) is 10.6 Å². The van der Waals surface area contributed by atoms with Crippen LogP contribution in [-0.4, -0.2) is 50.4 Å². The lowest BCUT2D eigenvalue weighted by Crippen LogP contribution is -2.21. The average Bonchev–Trinajstić information content (AvgIpc) is 2.73. The molecule has 0 radical (unpaired) electrons. The molecule has 1 amide bonds. The molecule has 0 unspecified atom stereocenters. The fraction of sp³-hybridized carbons (Fsp3) is 0.200. The maximum Gasteiger partial charge on any atom is 0.435 e. The molecule has 3 rings (SSSR count). The number of rotatable bonds is 6. The molecular formula is C20H16F4N4O6S2. The van der Waals surface area contributed by atoms with Crippen LogP contribution in [0, 0.1) is 12.9 Å². The lowest BCUT2D eigenvalue weighted by atomic mass is 10.1. The van der Waals surface area contributed by atoms with E-state index in [1.165, 1.54) is 18.2 Å². The number of sulfone groups is 2. The van der Waals surface area contributed by atoms with Gasteiger partial charge in [-0.15, -0.1) is 10.2 Å². The molecule has 1 aromatic carbocycles. The molecule has 0 aliphatic carbocycles. The summed E-state index contributed by atoms with van der Waals surface area (Å²) in [5.41, 5.74) is -3.10. The van der Waals surface area contributed by atoms with Crippen LogP contribution < -0.4 is 10.1 Å². The zero-order valence-electron chi connectivity index (χ0n) is 18.6. The summed E-state index contributed by atoms with van der Waals surface area (Å²) >= 11 is 0. The van der Waals surface area contributed by atoms with Crippen molar-refractivity contribution in [1.82, 2.24) is 15.2 Å². The lowest BCUT2D eigenvalue weighted by Gasteiger charge is -2.16. The quantitative estimate of drug-likeness (QED) is 0.363. The number of benzene rings is 1. The topological polar surface area (TPSA) is 145 Å². The number of anilines is 1. The molecule has 0 aliphatic heterocycles. The van der Waals surface area contributed by atoms with E-state index >= 15 is 0 Å². The van der Waals surface area contributed by atoms with Gasteiger partial charge in [-0.3, -0.25) is 4.79 Å². The first-order chi connectivity index (χ1) is 16.5. The minimum atomic E-state index is -5.01. The Morgan fingerprint density at radius 2 is 1.67 bits per heavy atom. The molecule has 192 valence electrons. The first-order valence-corrected chi connectivity index (χ1v) is 13.4. The van der Waals surface area contributed by atoms with Gasteiger partial charge in [-0.25, -0.2) is 21.8 Å². The highest BCUT2D eigenvalue weighted by molar-refractivity contribution is 7.91. The van der Waals surface area contributed by atoms with Gasteiger partial charge in [-0.1, -0.05) is 6.07 Å². The third kappa shape index (κ3) is 5.93. The second-order valence-electron chi connectivity index (χ2n) is 7.42. The molecule has 10 nitrogen and oxygen atoms in total. The van der Waals surface area contributed by atoms with Crippen molar-refractivity contribution in [3.63, 3.8) is 0 Å². The van der Waals surface area contributed by atoms with Gasteiger partial charge in [0.25, 0.3) is 17.7 Å². The molecule has 0 spiro atoms. The fourth-order valence-corrected chi connectivity index (χ4v) is 4.13. The SMILES string of the molecule is Cc1c(C(F)(F)F)nnc(Oc2ccc(S(C)(=O)=O)nc2F)c1C(=O)Nc1cccc(S(C)(=O)=O)c1. The Morgan fingerprint density at radius 3 is 2.22 bits per heavy atom. The number of amides is 1. The molecule has 36 heavy (non-hydrogen) atoms. The summed E-state index contributed by atoms with van der Waals surface area (Å²) in [5, 5.41) is 7.92. The van der Waals surface area contributed by atoms with Gasteiger partial charge in [0.1, 0.15) is 5.56 Å². The van der Waals surface area contributed by atoms with Crippen LogP contribution in [0.25, 0.3) is 0 Å². The number of ether oxygens (including phenoxy) is 1. The normalized spacial score (nSPS) is 12.3. The highest BCUT2D eigenvalue weighted by atomic mass is 32.2. The summed E-state index contributed by atoms with van der Waals surface area (Å²) < 4.78 is 106. The number of aromatic nitrogens is 3. The number of hydrogen-bond acceptors (Lipinski definition) is 9. The third-order valence-electron chi connectivity index (χ3n) is 4.58. The van der Waals surface area contributed by atoms with Crippen LogP contribution in [-0.2, 0) is 25.9 Å². The van der Waals surface area contributed by atoms with E-state index in [1.54, 1.807) is 0 Å². The lowest BCUT2D eigenvalue weighted by molar-refractivity contribution is -0.142. The van der Waals surface area contributed by atoms with E-state index in [9.17, 15) is 39.2 Å². The molecule has 2 aromatic heterocycles. The highest BCUT2D eigenvalue weighted by Crippen LogP contribution is 2.35. The van der Waals surface area contributed by atoms with Crippen molar-refractivity contribution in [1.29, 1.82) is 0 Å². The summed E-state index contributed by atoms with van der Waals surface area (Å²) in [7, 11) is -7.55. The standard InChI is InChI=1S/C20H16F4N4O6S2/c1-10-15(18(29)25-11-5-4-6-12(9-11)35(2,30)31)19(28-27-16(10)20(22,23)24)34-13-7-8-14(26-17(13)21)36(3,32)33/h4-9H,1-3H3,(H,25,29). The Morgan fingerprint density at radius 1 is 1.00 bits per heavy atom. The van der Waals surface area contributed by atoms with Crippen LogP contribution in [0.2, 0.25) is 0 Å². The van der Waals surface area contributed by atoms with Crippen molar-refractivity contribution in [3.8, 4) is 11.6 Å². The predicted molar refractivity (Wildman–Crippen MR) is 117 cm³/mol. The molecule has 0 bridgehead atoms. The summed E-state index contributed by atoms with van der Waals surface area (Å²) in [6, 6.07) is 6.63. The number of pyridine rings is 1. The average molecular weight is 548 g/mol. The first kappa shape index (κ1) is 26.9. The molecule has 2 heterocycles. The van der Waals surface area contributed by atoms with Gasteiger partial charge in [0.05, 0.1) is 4.90 Å².